The highest BCUT2D eigenvalue weighted by Gasteiger charge is 2.40. The molecule has 3 aliphatic heterocycles. The van der Waals surface area contributed by atoms with Gasteiger partial charge in [-0.15, -0.1) is 0 Å². The van der Waals surface area contributed by atoms with Crippen LogP contribution in [0.2, 0.25) is 0 Å². The third-order valence-corrected chi connectivity index (χ3v) is 11.9. The zero-order valence-corrected chi connectivity index (χ0v) is 36.6. The van der Waals surface area contributed by atoms with Crippen LogP contribution in [0.15, 0.2) is 61.9 Å². The third kappa shape index (κ3) is 9.83. The Hall–Kier alpha value is -6.10. The van der Waals surface area contributed by atoms with Gasteiger partial charge < -0.3 is 34.9 Å². The molecule has 3 aromatic rings. The molecule has 62 heavy (non-hydrogen) atoms. The highest BCUT2D eigenvalue weighted by molar-refractivity contribution is 5.96. The van der Waals surface area contributed by atoms with E-state index >= 15 is 0 Å². The average Bonchev–Trinajstić information content (AvgIpc) is 3.87. The largest absolute Gasteiger partial charge is 0.469 e. The van der Waals surface area contributed by atoms with Crippen LogP contribution in [0.3, 0.4) is 0 Å². The first-order valence-electron chi connectivity index (χ1n) is 21.3. The Morgan fingerprint density at radius 3 is 2.58 bits per heavy atom. The van der Waals surface area contributed by atoms with Gasteiger partial charge in [0.25, 0.3) is 5.91 Å². The van der Waals surface area contributed by atoms with Gasteiger partial charge in [-0.2, -0.15) is 0 Å². The van der Waals surface area contributed by atoms with Gasteiger partial charge in [0.1, 0.15) is 30.6 Å². The Morgan fingerprint density at radius 1 is 1.16 bits per heavy atom. The zero-order valence-electron chi connectivity index (χ0n) is 36.6. The van der Waals surface area contributed by atoms with E-state index in [2.05, 4.69) is 38.8 Å². The van der Waals surface area contributed by atoms with Gasteiger partial charge >= 0.3 is 5.97 Å². The number of rotatable bonds is 9. The Balaban J connectivity index is 1.36. The van der Waals surface area contributed by atoms with Crippen molar-refractivity contribution in [1.82, 2.24) is 40.1 Å². The van der Waals surface area contributed by atoms with E-state index in [1.807, 2.05) is 32.0 Å². The molecule has 2 aromatic heterocycles. The smallest absolute Gasteiger partial charge is 0.324 e. The van der Waals surface area contributed by atoms with Crippen molar-refractivity contribution in [3.05, 3.63) is 73.0 Å². The van der Waals surface area contributed by atoms with Crippen LogP contribution in [0.4, 0.5) is 0 Å². The lowest BCUT2D eigenvalue weighted by atomic mass is 9.84. The summed E-state index contributed by atoms with van der Waals surface area (Å²) in [5.41, 5.74) is 12.9. The van der Waals surface area contributed by atoms with E-state index in [-0.39, 0.29) is 49.7 Å². The number of benzene rings is 1. The maximum absolute atomic E-state index is 14.5. The monoisotopic (exact) mass is 852 g/mol. The predicted molar refractivity (Wildman–Crippen MR) is 233 cm³/mol. The van der Waals surface area contributed by atoms with Gasteiger partial charge in [0.2, 0.25) is 17.7 Å². The summed E-state index contributed by atoms with van der Waals surface area (Å²) in [5, 5.41) is 14.2. The lowest BCUT2D eigenvalue weighted by Crippen LogP contribution is -2.62. The number of ether oxygens (including phenoxy) is 2. The van der Waals surface area contributed by atoms with Crippen molar-refractivity contribution >= 4 is 46.4 Å². The van der Waals surface area contributed by atoms with Gasteiger partial charge in [-0.25, -0.2) is 15.4 Å². The zero-order chi connectivity index (χ0) is 44.9. The molecule has 2 fully saturated rings. The van der Waals surface area contributed by atoms with Crippen LogP contribution in [0.1, 0.15) is 77.5 Å². The molecular formula is C45H60N10O7. The molecule has 0 saturated carbocycles. The number of hydrazine groups is 1. The van der Waals surface area contributed by atoms with Crippen LogP contribution < -0.4 is 16.5 Å². The van der Waals surface area contributed by atoms with Gasteiger partial charge in [-0.05, 0) is 80.1 Å². The van der Waals surface area contributed by atoms with Crippen LogP contribution in [0.25, 0.3) is 22.2 Å². The molecule has 5 N–H and O–H groups in total. The minimum atomic E-state index is -1.34. The number of nitrogens with one attached hydrogen (secondary N) is 3. The standard InChI is InChI=1S/C45H60N10O7/c1-8-38(56)53-18-15-29(24-53)42(58)52(7)39(27(3)4)41(57)50-34-20-37(47)62-36(14-16-46)28-12-13-35-31(19-28)32(40(54(35)9-2)30-22-48-26-49-23-30)21-45(5,6)25-61-44(60)33-11-10-17-55(51-33)43(34)59/h8,12-14,16,19,22-23,26-27,29,33-34,36,39,47,51H,1,9-11,15,17-18,20-21,24-25,46H2,2-7H3,(H,50,57)/t29-,33-,34-,36?,39-/m0/s1. The molecule has 0 spiro atoms. The summed E-state index contributed by atoms with van der Waals surface area (Å²) < 4.78 is 14.5. The molecule has 332 valence electrons. The summed E-state index contributed by atoms with van der Waals surface area (Å²) in [6.45, 7) is 14.8. The van der Waals surface area contributed by atoms with E-state index in [0.717, 1.165) is 27.7 Å². The van der Waals surface area contributed by atoms with Crippen LogP contribution >= 0.6 is 0 Å². The molecule has 6 rings (SSSR count). The molecule has 1 aromatic carbocycles. The highest BCUT2D eigenvalue weighted by Crippen LogP contribution is 2.39. The van der Waals surface area contributed by atoms with E-state index in [1.165, 1.54) is 28.5 Å². The lowest BCUT2D eigenvalue weighted by molar-refractivity contribution is -0.155. The number of carbonyl (C=O) groups is 5. The fourth-order valence-electron chi connectivity index (χ4n) is 8.88. The number of nitrogens with zero attached hydrogens (tertiary/aromatic N) is 6. The van der Waals surface area contributed by atoms with Gasteiger partial charge in [-0.1, -0.05) is 40.3 Å². The second-order valence-corrected chi connectivity index (χ2v) is 17.5. The maximum Gasteiger partial charge on any atom is 0.324 e. The van der Waals surface area contributed by atoms with Crippen molar-refractivity contribution in [3.63, 3.8) is 0 Å². The molecule has 17 nitrogen and oxygen atoms in total. The minimum Gasteiger partial charge on any atom is -0.469 e. The fraction of sp³-hybridized carbons (Fsp3) is 0.511. The Kier molecular flexibility index (Phi) is 14.1. The van der Waals surface area contributed by atoms with E-state index in [0.29, 0.717) is 44.3 Å². The summed E-state index contributed by atoms with van der Waals surface area (Å²) >= 11 is 0. The third-order valence-electron chi connectivity index (χ3n) is 11.9. The normalized spacial score (nSPS) is 22.9. The highest BCUT2D eigenvalue weighted by atomic mass is 16.5. The van der Waals surface area contributed by atoms with Crippen LogP contribution in [0, 0.1) is 22.7 Å². The number of fused-ring (bicyclic) bond motifs is 3. The Morgan fingerprint density at radius 2 is 1.90 bits per heavy atom. The van der Waals surface area contributed by atoms with E-state index in [1.54, 1.807) is 44.3 Å². The van der Waals surface area contributed by atoms with E-state index in [4.69, 9.17) is 20.6 Å². The second-order valence-electron chi connectivity index (χ2n) is 17.5. The molecule has 5 heterocycles. The van der Waals surface area contributed by atoms with Gasteiger partial charge in [0, 0.05) is 67.5 Å². The first kappa shape index (κ1) is 45.4. The molecule has 0 aliphatic carbocycles. The van der Waals surface area contributed by atoms with Gasteiger partial charge in [0.15, 0.2) is 5.90 Å². The molecule has 5 atom stereocenters. The van der Waals surface area contributed by atoms with Crippen molar-refractivity contribution in [2.75, 3.05) is 33.3 Å². The Bertz CT molecular complexity index is 2220. The molecule has 3 aliphatic rings. The number of likely N-dealkylation sites (tertiary alicyclic amines) is 1. The van der Waals surface area contributed by atoms with E-state index < -0.39 is 53.3 Å². The summed E-state index contributed by atoms with van der Waals surface area (Å²) in [6, 6.07) is 2.73. The van der Waals surface area contributed by atoms with Crippen LogP contribution in [-0.2, 0) is 46.4 Å². The Labute approximate surface area is 362 Å². The summed E-state index contributed by atoms with van der Waals surface area (Å²) in [6.07, 6.45) is 9.85. The number of nitrogens with two attached hydrogens (primary N) is 1. The van der Waals surface area contributed by atoms with E-state index in [9.17, 15) is 24.0 Å². The van der Waals surface area contributed by atoms with Gasteiger partial charge in [-0.3, -0.25) is 34.4 Å². The number of carbonyl (C=O) groups excluding carboxylic acids is 5. The predicted octanol–water partition coefficient (Wildman–Crippen LogP) is 3.64. The van der Waals surface area contributed by atoms with Crippen molar-refractivity contribution in [2.45, 2.75) is 97.5 Å². The van der Waals surface area contributed by atoms with Crippen molar-refractivity contribution in [2.24, 2.45) is 23.0 Å². The first-order valence-corrected chi connectivity index (χ1v) is 21.3. The summed E-state index contributed by atoms with van der Waals surface area (Å²) in [5.74, 6) is -3.48. The molecule has 1 unspecified atom stereocenters. The summed E-state index contributed by atoms with van der Waals surface area (Å²) in [4.78, 5) is 80.2. The minimum absolute atomic E-state index is 0.0882. The van der Waals surface area contributed by atoms with Crippen LogP contribution in [-0.4, -0.2) is 116 Å². The number of cyclic esters (lactones) is 1. The summed E-state index contributed by atoms with van der Waals surface area (Å²) in [7, 11) is 1.54. The number of esters is 1. The molecule has 0 radical (unpaired) electrons. The number of aryl methyl sites for hydroxylation is 1. The topological polar surface area (TPSA) is 218 Å². The number of amides is 4. The average molecular weight is 853 g/mol. The number of hydrogen-bond acceptors (Lipinski definition) is 12. The second kappa shape index (κ2) is 19.3. The number of hydrogen-bond donors (Lipinski definition) is 4. The van der Waals surface area contributed by atoms with Gasteiger partial charge in [0.05, 0.1) is 24.6 Å². The molecule has 17 heteroatoms. The molecule has 4 bridgehead atoms. The van der Waals surface area contributed by atoms with Crippen LogP contribution in [0.5, 0.6) is 0 Å². The molecular weight excluding hydrogens is 793 g/mol. The fourth-order valence-corrected chi connectivity index (χ4v) is 8.88. The van der Waals surface area contributed by atoms with Crippen molar-refractivity contribution in [1.29, 1.82) is 5.41 Å². The lowest BCUT2D eigenvalue weighted by Gasteiger charge is -2.37. The van der Waals surface area contributed by atoms with Crippen molar-refractivity contribution < 1.29 is 33.4 Å². The maximum atomic E-state index is 14.5. The quantitative estimate of drug-likeness (QED) is 0.180. The number of aromatic nitrogens is 3. The molecule has 2 saturated heterocycles. The SMILES string of the molecule is C=CC(=O)N1CC[C@H](C(=O)N(C)[C@H](C(=O)N[C@H]2CC(=N)OC(C=CN)c3ccc4c(c3)c(c(-c3cncnc3)n4CC)CC(C)(C)COC(=O)[C@@H]3CCCN(N3)C2=O)C(C)C)C1. The number of likely N-dealkylation sites (N-methyl/N-ethyl adjacent to an activating group) is 1. The molecule has 4 amide bonds. The first-order chi connectivity index (χ1) is 29.6. The van der Waals surface area contributed by atoms with Crippen molar-refractivity contribution in [3.8, 4) is 11.3 Å².